The molecule has 26 heavy (non-hydrogen) atoms. The summed E-state index contributed by atoms with van der Waals surface area (Å²) < 4.78 is 1.80. The van der Waals surface area contributed by atoms with Gasteiger partial charge in [0.2, 0.25) is 0 Å². The molecule has 0 saturated carbocycles. The Labute approximate surface area is 154 Å². The molecule has 8 nitrogen and oxygen atoms in total. The summed E-state index contributed by atoms with van der Waals surface area (Å²) in [5.74, 6) is 1.10. The normalized spacial score (nSPS) is 14.0. The van der Waals surface area contributed by atoms with E-state index in [1.807, 2.05) is 14.0 Å². The maximum absolute atomic E-state index is 12.7. The van der Waals surface area contributed by atoms with Crippen LogP contribution in [0.4, 0.5) is 11.5 Å². The fraction of sp³-hybridized carbons (Fsp3) is 0.353. The summed E-state index contributed by atoms with van der Waals surface area (Å²) in [6.07, 6.45) is 5.61. The van der Waals surface area contributed by atoms with Crippen LogP contribution < -0.4 is 10.2 Å². The lowest BCUT2D eigenvalue weighted by molar-refractivity contribution is 0.102. The molecule has 9 heteroatoms. The van der Waals surface area contributed by atoms with Crippen molar-refractivity contribution in [2.75, 3.05) is 23.3 Å². The average Bonchev–Trinajstić information content (AvgIpc) is 3.40. The maximum Gasteiger partial charge on any atom is 0.275 e. The van der Waals surface area contributed by atoms with Crippen LogP contribution >= 0.6 is 11.3 Å². The van der Waals surface area contributed by atoms with Crippen LogP contribution in [0.3, 0.4) is 0 Å². The van der Waals surface area contributed by atoms with E-state index in [1.54, 1.807) is 28.5 Å². The Hall–Kier alpha value is -2.81. The third-order valence-electron chi connectivity index (χ3n) is 4.45. The van der Waals surface area contributed by atoms with Crippen LogP contribution in [0, 0.1) is 6.92 Å². The number of rotatable bonds is 4. The van der Waals surface area contributed by atoms with Crippen LogP contribution in [0.25, 0.3) is 10.8 Å². The molecular weight excluding hydrogens is 350 g/mol. The van der Waals surface area contributed by atoms with Crippen molar-refractivity contribution in [3.63, 3.8) is 0 Å². The van der Waals surface area contributed by atoms with E-state index in [9.17, 15) is 4.79 Å². The zero-order valence-corrected chi connectivity index (χ0v) is 15.5. The van der Waals surface area contributed by atoms with Crippen molar-refractivity contribution in [3.05, 3.63) is 35.2 Å². The van der Waals surface area contributed by atoms with Gasteiger partial charge in [-0.25, -0.2) is 15.0 Å². The Morgan fingerprint density at radius 2 is 1.96 bits per heavy atom. The molecule has 4 rings (SSSR count). The first kappa shape index (κ1) is 16.6. The molecule has 3 aromatic heterocycles. The van der Waals surface area contributed by atoms with Crippen molar-refractivity contribution in [1.82, 2.24) is 24.7 Å². The molecular formula is C17H19N7OS. The molecule has 0 unspecified atom stereocenters. The Morgan fingerprint density at radius 1 is 1.23 bits per heavy atom. The molecule has 0 aromatic carbocycles. The Bertz CT molecular complexity index is 928. The number of nitrogens with one attached hydrogen (secondary N) is 1. The molecule has 0 spiro atoms. The van der Waals surface area contributed by atoms with Crippen molar-refractivity contribution in [1.29, 1.82) is 0 Å². The summed E-state index contributed by atoms with van der Waals surface area (Å²) in [6, 6.07) is 1.75. The second-order valence-electron chi connectivity index (χ2n) is 6.17. The smallest absolute Gasteiger partial charge is 0.275 e. The van der Waals surface area contributed by atoms with Crippen LogP contribution in [-0.2, 0) is 7.05 Å². The topological polar surface area (TPSA) is 88.8 Å². The van der Waals surface area contributed by atoms with E-state index in [2.05, 4.69) is 30.3 Å². The number of nitrogens with zero attached hydrogens (tertiary/aromatic N) is 6. The molecule has 1 saturated heterocycles. The van der Waals surface area contributed by atoms with Crippen molar-refractivity contribution in [2.45, 2.75) is 19.8 Å². The summed E-state index contributed by atoms with van der Waals surface area (Å²) in [7, 11) is 1.89. The molecule has 0 bridgehead atoms. The molecule has 1 amide bonds. The molecule has 4 heterocycles. The number of carbonyl (C=O) groups excluding carboxylic acids is 1. The Kier molecular flexibility index (Phi) is 4.37. The van der Waals surface area contributed by atoms with Gasteiger partial charge in [-0.2, -0.15) is 5.10 Å². The zero-order valence-electron chi connectivity index (χ0n) is 14.6. The van der Waals surface area contributed by atoms with E-state index in [0.29, 0.717) is 16.5 Å². The highest BCUT2D eigenvalue weighted by Gasteiger charge is 2.24. The number of aryl methyl sites for hydroxylation is 1. The Morgan fingerprint density at radius 3 is 2.69 bits per heavy atom. The minimum Gasteiger partial charge on any atom is -0.353 e. The van der Waals surface area contributed by atoms with Crippen LogP contribution in [0.15, 0.2) is 23.8 Å². The molecule has 0 radical (unpaired) electrons. The summed E-state index contributed by atoms with van der Waals surface area (Å²) in [5, 5.41) is 9.93. The monoisotopic (exact) mass is 369 g/mol. The largest absolute Gasteiger partial charge is 0.353 e. The highest BCUT2D eigenvalue weighted by Crippen LogP contribution is 2.31. The zero-order chi connectivity index (χ0) is 18.1. The SMILES string of the molecule is Cc1c(NC(=O)c2csc(-c3ncccn3)n2)c(N2CCCC2)nn1C. The van der Waals surface area contributed by atoms with Gasteiger partial charge in [0.25, 0.3) is 5.91 Å². The van der Waals surface area contributed by atoms with Crippen molar-refractivity contribution < 1.29 is 4.79 Å². The number of aromatic nitrogens is 5. The summed E-state index contributed by atoms with van der Waals surface area (Å²) in [5.41, 5.74) is 2.03. The van der Waals surface area contributed by atoms with Gasteiger partial charge in [0, 0.05) is 37.9 Å². The quantitative estimate of drug-likeness (QED) is 0.760. The van der Waals surface area contributed by atoms with E-state index < -0.39 is 0 Å². The first-order chi connectivity index (χ1) is 12.6. The van der Waals surface area contributed by atoms with Crippen molar-refractivity contribution in [2.24, 2.45) is 7.05 Å². The third kappa shape index (κ3) is 3.05. The van der Waals surface area contributed by atoms with E-state index in [4.69, 9.17) is 0 Å². The molecule has 1 aliphatic heterocycles. The first-order valence-corrected chi connectivity index (χ1v) is 9.34. The molecule has 1 aliphatic rings. The van der Waals surface area contributed by atoms with Crippen LogP contribution in [0.2, 0.25) is 0 Å². The van der Waals surface area contributed by atoms with Gasteiger partial charge in [-0.1, -0.05) is 0 Å². The van der Waals surface area contributed by atoms with Crippen LogP contribution in [0.5, 0.6) is 0 Å². The van der Waals surface area contributed by atoms with Gasteiger partial charge in [-0.3, -0.25) is 9.48 Å². The number of hydrogen-bond donors (Lipinski definition) is 1. The van der Waals surface area contributed by atoms with E-state index >= 15 is 0 Å². The molecule has 3 aromatic rings. The lowest BCUT2D eigenvalue weighted by atomic mass is 10.3. The molecule has 134 valence electrons. The molecule has 0 aliphatic carbocycles. The number of thiazole rings is 1. The van der Waals surface area contributed by atoms with Gasteiger partial charge < -0.3 is 10.2 Å². The van der Waals surface area contributed by atoms with Gasteiger partial charge in [-0.05, 0) is 25.8 Å². The first-order valence-electron chi connectivity index (χ1n) is 8.46. The lowest BCUT2D eigenvalue weighted by Gasteiger charge is -2.16. The van der Waals surface area contributed by atoms with E-state index in [1.165, 1.54) is 11.3 Å². The third-order valence-corrected chi connectivity index (χ3v) is 5.29. The second-order valence-corrected chi connectivity index (χ2v) is 7.02. The molecule has 1 fully saturated rings. The Balaban J connectivity index is 1.58. The van der Waals surface area contributed by atoms with Gasteiger partial charge in [0.15, 0.2) is 16.6 Å². The van der Waals surface area contributed by atoms with E-state index in [0.717, 1.165) is 43.1 Å². The van der Waals surface area contributed by atoms with Crippen molar-refractivity contribution >= 4 is 28.7 Å². The second kappa shape index (κ2) is 6.83. The maximum atomic E-state index is 12.7. The number of anilines is 2. The lowest BCUT2D eigenvalue weighted by Crippen LogP contribution is -2.21. The summed E-state index contributed by atoms with van der Waals surface area (Å²) >= 11 is 1.35. The number of amides is 1. The predicted molar refractivity (Wildman–Crippen MR) is 100 cm³/mol. The van der Waals surface area contributed by atoms with Gasteiger partial charge >= 0.3 is 0 Å². The number of hydrogen-bond acceptors (Lipinski definition) is 7. The van der Waals surface area contributed by atoms with Gasteiger partial charge in [-0.15, -0.1) is 11.3 Å². The van der Waals surface area contributed by atoms with Crippen LogP contribution in [-0.4, -0.2) is 43.7 Å². The van der Waals surface area contributed by atoms with Crippen LogP contribution in [0.1, 0.15) is 29.0 Å². The van der Waals surface area contributed by atoms with Gasteiger partial charge in [0.05, 0.1) is 5.69 Å². The van der Waals surface area contributed by atoms with E-state index in [-0.39, 0.29) is 5.91 Å². The predicted octanol–water partition coefficient (Wildman–Crippen LogP) is 2.49. The highest BCUT2D eigenvalue weighted by molar-refractivity contribution is 7.13. The minimum absolute atomic E-state index is 0.250. The van der Waals surface area contributed by atoms with Gasteiger partial charge in [0.1, 0.15) is 11.4 Å². The number of carbonyl (C=O) groups is 1. The summed E-state index contributed by atoms with van der Waals surface area (Å²) in [6.45, 7) is 3.88. The standard InChI is InChI=1S/C17H19N7OS/c1-11-13(15(22-23(11)2)24-8-3-4-9-24)21-16(25)12-10-26-17(20-12)14-18-6-5-7-19-14/h5-7,10H,3-4,8-9H2,1-2H3,(H,21,25). The average molecular weight is 369 g/mol. The summed E-state index contributed by atoms with van der Waals surface area (Å²) in [4.78, 5) is 27.7. The minimum atomic E-state index is -0.250. The molecule has 1 N–H and O–H groups in total. The fourth-order valence-corrected chi connectivity index (χ4v) is 3.70. The highest BCUT2D eigenvalue weighted by atomic mass is 32.1. The fourth-order valence-electron chi connectivity index (χ4n) is 2.96. The molecule has 0 atom stereocenters. The van der Waals surface area contributed by atoms with Crippen molar-refractivity contribution in [3.8, 4) is 10.8 Å².